The average molecular weight is 395 g/mol. The quantitative estimate of drug-likeness (QED) is 0.783. The standard InChI is InChI=1S/C24H30N2O3/c27-24(25-21-12-16-28-18-21)20-7-4-8-23(17-20)29-22-10-14-26(15-11-22)13-9-19-5-2-1-3-6-19/h1-8,17,21-22H,9-16,18H2,(H,25,27). The lowest BCUT2D eigenvalue weighted by Crippen LogP contribution is -2.39. The first-order valence-electron chi connectivity index (χ1n) is 10.7. The number of amides is 1. The summed E-state index contributed by atoms with van der Waals surface area (Å²) < 4.78 is 11.5. The normalized spacial score (nSPS) is 20.5. The summed E-state index contributed by atoms with van der Waals surface area (Å²) in [6.45, 7) is 4.53. The van der Waals surface area contributed by atoms with E-state index in [1.54, 1.807) is 0 Å². The molecule has 0 spiro atoms. The molecule has 0 bridgehead atoms. The van der Waals surface area contributed by atoms with Gasteiger partial charge >= 0.3 is 0 Å². The second-order valence-corrected chi connectivity index (χ2v) is 7.96. The van der Waals surface area contributed by atoms with Crippen LogP contribution >= 0.6 is 0 Å². The summed E-state index contributed by atoms with van der Waals surface area (Å²) in [5.74, 6) is 0.727. The number of rotatable bonds is 7. The Morgan fingerprint density at radius 1 is 1.07 bits per heavy atom. The van der Waals surface area contributed by atoms with Gasteiger partial charge in [0.25, 0.3) is 5.91 Å². The second kappa shape index (κ2) is 9.90. The molecule has 1 unspecified atom stereocenters. The van der Waals surface area contributed by atoms with E-state index in [4.69, 9.17) is 9.47 Å². The molecule has 2 aliphatic heterocycles. The van der Waals surface area contributed by atoms with Crippen molar-refractivity contribution in [1.82, 2.24) is 10.2 Å². The van der Waals surface area contributed by atoms with Gasteiger partial charge in [0.2, 0.25) is 0 Å². The van der Waals surface area contributed by atoms with E-state index in [1.807, 2.05) is 24.3 Å². The minimum atomic E-state index is -0.0540. The van der Waals surface area contributed by atoms with Gasteiger partial charge in [-0.25, -0.2) is 0 Å². The monoisotopic (exact) mass is 394 g/mol. The fraction of sp³-hybridized carbons (Fsp3) is 0.458. The molecule has 1 N–H and O–H groups in total. The summed E-state index contributed by atoms with van der Waals surface area (Å²) in [7, 11) is 0. The largest absolute Gasteiger partial charge is 0.490 e. The van der Waals surface area contributed by atoms with Crippen molar-refractivity contribution < 1.29 is 14.3 Å². The maximum atomic E-state index is 12.4. The highest BCUT2D eigenvalue weighted by molar-refractivity contribution is 5.94. The SMILES string of the molecule is O=C(NC1CCOC1)c1cccc(OC2CCN(CCc3ccccc3)CC2)c1. The van der Waals surface area contributed by atoms with E-state index in [9.17, 15) is 4.79 Å². The Kier molecular flexibility index (Phi) is 6.80. The number of nitrogens with one attached hydrogen (secondary N) is 1. The number of hydrogen-bond donors (Lipinski definition) is 1. The molecule has 2 saturated heterocycles. The molecule has 0 radical (unpaired) electrons. The van der Waals surface area contributed by atoms with Crippen molar-refractivity contribution in [3.05, 3.63) is 65.7 Å². The van der Waals surface area contributed by atoms with E-state index in [0.717, 1.165) is 57.7 Å². The lowest BCUT2D eigenvalue weighted by Gasteiger charge is -2.32. The maximum Gasteiger partial charge on any atom is 0.251 e. The number of nitrogens with zero attached hydrogens (tertiary/aromatic N) is 1. The molecular weight excluding hydrogens is 364 g/mol. The van der Waals surface area contributed by atoms with Crippen LogP contribution < -0.4 is 10.1 Å². The molecule has 4 rings (SSSR count). The first kappa shape index (κ1) is 19.9. The van der Waals surface area contributed by atoms with Crippen LogP contribution in [0.25, 0.3) is 0 Å². The number of carbonyl (C=O) groups is 1. The molecular formula is C24H30N2O3. The zero-order valence-corrected chi connectivity index (χ0v) is 16.9. The maximum absolute atomic E-state index is 12.4. The number of hydrogen-bond acceptors (Lipinski definition) is 4. The van der Waals surface area contributed by atoms with Gasteiger partial charge in [0.05, 0.1) is 12.6 Å². The van der Waals surface area contributed by atoms with E-state index in [-0.39, 0.29) is 18.1 Å². The summed E-state index contributed by atoms with van der Waals surface area (Å²) in [5, 5.41) is 3.03. The Bertz CT molecular complexity index is 782. The highest BCUT2D eigenvalue weighted by Crippen LogP contribution is 2.21. The molecule has 1 atom stereocenters. The molecule has 1 amide bonds. The summed E-state index contributed by atoms with van der Waals surface area (Å²) in [4.78, 5) is 15.0. The Morgan fingerprint density at radius 2 is 1.90 bits per heavy atom. The molecule has 0 aromatic heterocycles. The lowest BCUT2D eigenvalue weighted by molar-refractivity contribution is 0.0923. The number of ether oxygens (including phenoxy) is 2. The molecule has 2 aliphatic rings. The Morgan fingerprint density at radius 3 is 2.66 bits per heavy atom. The third-order valence-corrected chi connectivity index (χ3v) is 5.76. The topological polar surface area (TPSA) is 50.8 Å². The van der Waals surface area contributed by atoms with Crippen LogP contribution in [0.15, 0.2) is 54.6 Å². The van der Waals surface area contributed by atoms with E-state index in [1.165, 1.54) is 5.56 Å². The minimum Gasteiger partial charge on any atom is -0.490 e. The Labute approximate surface area is 173 Å². The van der Waals surface area contributed by atoms with Gasteiger partial charge in [-0.05, 0) is 49.4 Å². The Hall–Kier alpha value is -2.37. The molecule has 2 heterocycles. The molecule has 29 heavy (non-hydrogen) atoms. The van der Waals surface area contributed by atoms with Crippen LogP contribution in [0, 0.1) is 0 Å². The Balaban J connectivity index is 1.23. The number of piperidine rings is 1. The van der Waals surface area contributed by atoms with E-state index in [0.29, 0.717) is 12.2 Å². The number of likely N-dealkylation sites (tertiary alicyclic amines) is 1. The summed E-state index contributed by atoms with van der Waals surface area (Å²) >= 11 is 0. The lowest BCUT2D eigenvalue weighted by atomic mass is 10.1. The van der Waals surface area contributed by atoms with Gasteiger partial charge in [-0.1, -0.05) is 36.4 Å². The third-order valence-electron chi connectivity index (χ3n) is 5.76. The fourth-order valence-corrected chi connectivity index (χ4v) is 4.00. The summed E-state index contributed by atoms with van der Waals surface area (Å²) in [6.07, 6.45) is 4.22. The third kappa shape index (κ3) is 5.81. The summed E-state index contributed by atoms with van der Waals surface area (Å²) in [6, 6.07) is 18.3. The van der Waals surface area contributed by atoms with Crippen molar-refractivity contribution in [2.45, 2.75) is 37.8 Å². The first-order valence-corrected chi connectivity index (χ1v) is 10.7. The van der Waals surface area contributed by atoms with Crippen molar-refractivity contribution in [3.8, 4) is 5.75 Å². The first-order chi connectivity index (χ1) is 14.3. The van der Waals surface area contributed by atoms with Crippen LogP contribution in [0.5, 0.6) is 5.75 Å². The summed E-state index contributed by atoms with van der Waals surface area (Å²) in [5.41, 5.74) is 2.04. The highest BCUT2D eigenvalue weighted by Gasteiger charge is 2.22. The van der Waals surface area contributed by atoms with Gasteiger partial charge in [0.1, 0.15) is 11.9 Å². The molecule has 2 fully saturated rings. The van der Waals surface area contributed by atoms with Crippen molar-refractivity contribution in [2.24, 2.45) is 0 Å². The fourth-order valence-electron chi connectivity index (χ4n) is 4.00. The van der Waals surface area contributed by atoms with Gasteiger partial charge in [-0.2, -0.15) is 0 Å². The highest BCUT2D eigenvalue weighted by atomic mass is 16.5. The predicted octanol–water partition coefficient (Wildman–Crippen LogP) is 3.29. The van der Waals surface area contributed by atoms with Crippen LogP contribution in [0.2, 0.25) is 0 Å². The van der Waals surface area contributed by atoms with Crippen molar-refractivity contribution in [1.29, 1.82) is 0 Å². The average Bonchev–Trinajstić information content (AvgIpc) is 3.27. The van der Waals surface area contributed by atoms with Crippen LogP contribution in [-0.4, -0.2) is 55.8 Å². The molecule has 0 aliphatic carbocycles. The van der Waals surface area contributed by atoms with Gasteiger partial charge < -0.3 is 19.7 Å². The van der Waals surface area contributed by atoms with Crippen LogP contribution in [0.4, 0.5) is 0 Å². The van der Waals surface area contributed by atoms with E-state index >= 15 is 0 Å². The zero-order valence-electron chi connectivity index (χ0n) is 16.9. The zero-order chi connectivity index (χ0) is 19.9. The van der Waals surface area contributed by atoms with Crippen molar-refractivity contribution in [3.63, 3.8) is 0 Å². The van der Waals surface area contributed by atoms with Gasteiger partial charge in [0, 0.05) is 31.8 Å². The second-order valence-electron chi connectivity index (χ2n) is 7.96. The molecule has 0 saturated carbocycles. The predicted molar refractivity (Wildman–Crippen MR) is 113 cm³/mol. The van der Waals surface area contributed by atoms with Gasteiger partial charge in [-0.3, -0.25) is 4.79 Å². The molecule has 5 nitrogen and oxygen atoms in total. The van der Waals surface area contributed by atoms with Crippen LogP contribution in [-0.2, 0) is 11.2 Å². The van der Waals surface area contributed by atoms with Crippen LogP contribution in [0.3, 0.4) is 0 Å². The molecule has 154 valence electrons. The number of carbonyl (C=O) groups excluding carboxylic acids is 1. The van der Waals surface area contributed by atoms with Crippen molar-refractivity contribution >= 4 is 5.91 Å². The van der Waals surface area contributed by atoms with E-state index in [2.05, 4.69) is 40.5 Å². The van der Waals surface area contributed by atoms with Crippen LogP contribution in [0.1, 0.15) is 35.2 Å². The number of benzene rings is 2. The van der Waals surface area contributed by atoms with Crippen molar-refractivity contribution in [2.75, 3.05) is 32.8 Å². The minimum absolute atomic E-state index is 0.0540. The molecule has 2 aromatic rings. The smallest absolute Gasteiger partial charge is 0.251 e. The molecule has 5 heteroatoms. The van der Waals surface area contributed by atoms with Gasteiger partial charge in [-0.15, -0.1) is 0 Å². The van der Waals surface area contributed by atoms with Gasteiger partial charge in [0.15, 0.2) is 0 Å². The molecule has 2 aromatic carbocycles. The van der Waals surface area contributed by atoms with E-state index < -0.39 is 0 Å².